The van der Waals surface area contributed by atoms with Crippen LogP contribution in [0.5, 0.6) is 0 Å². The van der Waals surface area contributed by atoms with E-state index in [1.807, 2.05) is 0 Å². The molecule has 0 aliphatic heterocycles. The summed E-state index contributed by atoms with van der Waals surface area (Å²) >= 11 is 5.86. The zero-order chi connectivity index (χ0) is 15.4. The Hall–Kier alpha value is -2.67. The highest BCUT2D eigenvalue weighted by molar-refractivity contribution is 6.34. The molecule has 0 fully saturated rings. The average Bonchev–Trinajstić information content (AvgIpc) is 2.46. The van der Waals surface area contributed by atoms with Gasteiger partial charge in [0.1, 0.15) is 5.56 Å². The molecular formula is C13H10ClN3O4. The third kappa shape index (κ3) is 3.46. The van der Waals surface area contributed by atoms with E-state index in [1.165, 1.54) is 30.5 Å². The van der Waals surface area contributed by atoms with E-state index in [-0.39, 0.29) is 28.4 Å². The van der Waals surface area contributed by atoms with E-state index in [9.17, 15) is 19.7 Å². The van der Waals surface area contributed by atoms with Crippen molar-refractivity contribution in [2.45, 2.75) is 6.54 Å². The lowest BCUT2D eigenvalue weighted by molar-refractivity contribution is -0.385. The zero-order valence-electron chi connectivity index (χ0n) is 10.6. The molecule has 0 bridgehead atoms. The number of aromatic nitrogens is 1. The first-order valence-electron chi connectivity index (χ1n) is 5.88. The molecule has 1 heterocycles. The van der Waals surface area contributed by atoms with Crippen molar-refractivity contribution >= 4 is 23.2 Å². The minimum Gasteiger partial charge on any atom is -0.348 e. The summed E-state index contributed by atoms with van der Waals surface area (Å²) in [4.78, 5) is 35.7. The normalized spacial score (nSPS) is 10.1. The van der Waals surface area contributed by atoms with E-state index >= 15 is 0 Å². The number of carbonyl (C=O) groups is 1. The van der Waals surface area contributed by atoms with Crippen LogP contribution in [0, 0.1) is 10.1 Å². The highest BCUT2D eigenvalue weighted by Gasteiger charge is 2.22. The summed E-state index contributed by atoms with van der Waals surface area (Å²) in [6.07, 6.45) is 1.45. The van der Waals surface area contributed by atoms with Gasteiger partial charge in [-0.15, -0.1) is 0 Å². The molecule has 8 heteroatoms. The lowest BCUT2D eigenvalue weighted by Gasteiger charge is -2.07. The summed E-state index contributed by atoms with van der Waals surface area (Å²) < 4.78 is 0. The van der Waals surface area contributed by atoms with E-state index in [4.69, 9.17) is 11.6 Å². The molecule has 0 aliphatic rings. The van der Waals surface area contributed by atoms with Crippen LogP contribution in [0.15, 0.2) is 41.3 Å². The molecule has 0 unspecified atom stereocenters. The Bertz CT molecular complexity index is 737. The Balaban J connectivity index is 2.19. The number of hydrogen-bond acceptors (Lipinski definition) is 4. The van der Waals surface area contributed by atoms with Gasteiger partial charge in [0.25, 0.3) is 11.6 Å². The second kappa shape index (κ2) is 6.19. The summed E-state index contributed by atoms with van der Waals surface area (Å²) in [6, 6.07) is 6.88. The first kappa shape index (κ1) is 14.7. The summed E-state index contributed by atoms with van der Waals surface area (Å²) in [5, 5.41) is 13.4. The van der Waals surface area contributed by atoms with Gasteiger partial charge in [-0.25, -0.2) is 0 Å². The van der Waals surface area contributed by atoms with Gasteiger partial charge in [0.05, 0.1) is 9.95 Å². The summed E-state index contributed by atoms with van der Waals surface area (Å²) in [5.41, 5.74) is -0.153. The van der Waals surface area contributed by atoms with Gasteiger partial charge in [0, 0.05) is 24.9 Å². The number of H-pyrrole nitrogens is 1. The SMILES string of the molecule is O=C(NCc1ccc(=O)[nH]c1)c1c(Cl)cccc1[N+](=O)[O-]. The molecule has 0 atom stereocenters. The fourth-order valence-corrected chi connectivity index (χ4v) is 1.97. The van der Waals surface area contributed by atoms with Gasteiger partial charge in [-0.2, -0.15) is 0 Å². The molecule has 7 nitrogen and oxygen atoms in total. The van der Waals surface area contributed by atoms with Gasteiger partial charge in [-0.1, -0.05) is 23.7 Å². The molecule has 0 aliphatic carbocycles. The topological polar surface area (TPSA) is 105 Å². The molecule has 2 rings (SSSR count). The van der Waals surface area contributed by atoms with Crippen LogP contribution in [0.4, 0.5) is 5.69 Å². The predicted octanol–water partition coefficient (Wildman–Crippen LogP) is 1.87. The van der Waals surface area contributed by atoms with E-state index in [1.54, 1.807) is 6.07 Å². The van der Waals surface area contributed by atoms with Crippen LogP contribution in [0.3, 0.4) is 0 Å². The van der Waals surface area contributed by atoms with Crippen LogP contribution in [0.25, 0.3) is 0 Å². The van der Waals surface area contributed by atoms with Gasteiger partial charge in [0.2, 0.25) is 5.56 Å². The number of nitro benzene ring substituents is 1. The standard InChI is InChI=1S/C13H10ClN3O4/c14-9-2-1-3-10(17(20)21)12(9)13(19)16-7-8-4-5-11(18)15-6-8/h1-6H,7H2,(H,15,18)(H,16,19). The van der Waals surface area contributed by atoms with Gasteiger partial charge >= 0.3 is 0 Å². The smallest absolute Gasteiger partial charge is 0.283 e. The van der Waals surface area contributed by atoms with Crippen LogP contribution in [0.1, 0.15) is 15.9 Å². The Morgan fingerprint density at radius 1 is 1.33 bits per heavy atom. The van der Waals surface area contributed by atoms with E-state index in [0.717, 1.165) is 0 Å². The van der Waals surface area contributed by atoms with Gasteiger partial charge in [-0.3, -0.25) is 19.7 Å². The fraction of sp³-hybridized carbons (Fsp3) is 0.0769. The van der Waals surface area contributed by atoms with Crippen molar-refractivity contribution in [1.29, 1.82) is 0 Å². The summed E-state index contributed by atoms with van der Waals surface area (Å²) in [5.74, 6) is -0.654. The Labute approximate surface area is 123 Å². The maximum absolute atomic E-state index is 12.1. The number of carbonyl (C=O) groups excluding carboxylic acids is 1. The molecule has 1 amide bonds. The Kier molecular flexibility index (Phi) is 4.34. The molecule has 0 spiro atoms. The quantitative estimate of drug-likeness (QED) is 0.664. The van der Waals surface area contributed by atoms with Crippen molar-refractivity contribution in [3.05, 3.63) is 73.1 Å². The number of nitrogens with one attached hydrogen (secondary N) is 2. The van der Waals surface area contributed by atoms with Crippen molar-refractivity contribution in [2.24, 2.45) is 0 Å². The number of hydrogen-bond donors (Lipinski definition) is 2. The zero-order valence-corrected chi connectivity index (χ0v) is 11.4. The highest BCUT2D eigenvalue weighted by Crippen LogP contribution is 2.25. The summed E-state index contributed by atoms with van der Waals surface area (Å²) in [6.45, 7) is 0.109. The third-order valence-corrected chi connectivity index (χ3v) is 3.03. The Morgan fingerprint density at radius 3 is 2.71 bits per heavy atom. The third-order valence-electron chi connectivity index (χ3n) is 2.72. The van der Waals surface area contributed by atoms with Gasteiger partial charge in [-0.05, 0) is 11.6 Å². The molecule has 2 N–H and O–H groups in total. The first-order valence-corrected chi connectivity index (χ1v) is 6.25. The molecule has 21 heavy (non-hydrogen) atoms. The minimum atomic E-state index is -0.666. The van der Waals surface area contributed by atoms with Crippen LogP contribution in [-0.4, -0.2) is 15.8 Å². The van der Waals surface area contributed by atoms with Crippen LogP contribution < -0.4 is 10.9 Å². The molecule has 1 aromatic heterocycles. The number of nitrogens with zero attached hydrogens (tertiary/aromatic N) is 1. The highest BCUT2D eigenvalue weighted by atomic mass is 35.5. The predicted molar refractivity (Wildman–Crippen MR) is 76.3 cm³/mol. The lowest BCUT2D eigenvalue weighted by atomic mass is 10.1. The molecule has 1 aromatic carbocycles. The number of rotatable bonds is 4. The molecular weight excluding hydrogens is 298 g/mol. The van der Waals surface area contributed by atoms with Crippen molar-refractivity contribution in [1.82, 2.24) is 10.3 Å². The van der Waals surface area contributed by atoms with Crippen molar-refractivity contribution in [3.8, 4) is 0 Å². The fourth-order valence-electron chi connectivity index (χ4n) is 1.71. The number of benzene rings is 1. The Morgan fingerprint density at radius 2 is 2.10 bits per heavy atom. The molecule has 0 radical (unpaired) electrons. The van der Waals surface area contributed by atoms with Crippen LogP contribution >= 0.6 is 11.6 Å². The first-order chi connectivity index (χ1) is 9.99. The maximum atomic E-state index is 12.1. The molecule has 0 saturated carbocycles. The lowest BCUT2D eigenvalue weighted by Crippen LogP contribution is -2.24. The van der Waals surface area contributed by atoms with E-state index in [0.29, 0.717) is 5.56 Å². The monoisotopic (exact) mass is 307 g/mol. The van der Waals surface area contributed by atoms with Gasteiger partial charge in [0.15, 0.2) is 0 Å². The number of halogens is 1. The number of amides is 1. The minimum absolute atomic E-state index is 0.00293. The van der Waals surface area contributed by atoms with Crippen molar-refractivity contribution in [2.75, 3.05) is 0 Å². The number of pyridine rings is 1. The molecule has 0 saturated heterocycles. The maximum Gasteiger partial charge on any atom is 0.283 e. The molecule has 2 aromatic rings. The van der Waals surface area contributed by atoms with Crippen molar-refractivity contribution < 1.29 is 9.72 Å². The van der Waals surface area contributed by atoms with E-state index < -0.39 is 10.8 Å². The largest absolute Gasteiger partial charge is 0.348 e. The van der Waals surface area contributed by atoms with Crippen LogP contribution in [0.2, 0.25) is 5.02 Å². The second-order valence-corrected chi connectivity index (χ2v) is 4.54. The van der Waals surface area contributed by atoms with E-state index in [2.05, 4.69) is 10.3 Å². The average molecular weight is 308 g/mol. The number of nitro groups is 1. The number of aromatic amines is 1. The van der Waals surface area contributed by atoms with Gasteiger partial charge < -0.3 is 10.3 Å². The summed E-state index contributed by atoms with van der Waals surface area (Å²) in [7, 11) is 0. The van der Waals surface area contributed by atoms with Crippen LogP contribution in [-0.2, 0) is 6.54 Å². The second-order valence-electron chi connectivity index (χ2n) is 4.13. The van der Waals surface area contributed by atoms with Crippen molar-refractivity contribution in [3.63, 3.8) is 0 Å². The molecule has 108 valence electrons.